The number of rotatable bonds is 16. The summed E-state index contributed by atoms with van der Waals surface area (Å²) >= 11 is 0. The number of nitrogens with zero attached hydrogens (tertiary/aromatic N) is 1. The van der Waals surface area contributed by atoms with Gasteiger partial charge in [0.05, 0.1) is 12.6 Å². The molecule has 1 unspecified atom stereocenters. The van der Waals surface area contributed by atoms with Crippen LogP contribution in [0.5, 0.6) is 0 Å². The second-order valence-corrected chi connectivity index (χ2v) is 13.3. The minimum atomic E-state index is -1.78. The molecule has 26 nitrogen and oxygen atoms in total. The van der Waals surface area contributed by atoms with Gasteiger partial charge in [-0.3, -0.25) is 33.6 Å². The van der Waals surface area contributed by atoms with E-state index in [1.54, 1.807) is 0 Å². The number of aliphatic hydroxyl groups excluding tert-OH is 2. The maximum atomic E-state index is 13.8. The molecule has 0 aromatic rings. The Labute approximate surface area is 327 Å². The van der Waals surface area contributed by atoms with Gasteiger partial charge in [0.2, 0.25) is 35.4 Å². The first-order valence-electron chi connectivity index (χ1n) is 18.1. The predicted molar refractivity (Wildman–Crippen MR) is 201 cm³/mol. The summed E-state index contributed by atoms with van der Waals surface area (Å²) < 4.78 is 0. The van der Waals surface area contributed by atoms with E-state index in [4.69, 9.17) is 34.4 Å². The third-order valence-corrected chi connectivity index (χ3v) is 8.46. The Morgan fingerprint density at radius 3 is 2.05 bits per heavy atom. The van der Waals surface area contributed by atoms with E-state index >= 15 is 0 Å². The fourth-order valence-electron chi connectivity index (χ4n) is 5.49. The molecule has 26 heteroatoms. The highest BCUT2D eigenvalue weighted by Crippen LogP contribution is 2.11. The molecule has 0 aliphatic carbocycles. The minimum absolute atomic E-state index is 0.193. The molecule has 0 bridgehead atoms. The van der Waals surface area contributed by atoms with Crippen LogP contribution in [0.15, 0.2) is 16.9 Å². The van der Waals surface area contributed by atoms with Gasteiger partial charge in [-0.1, -0.05) is 0 Å². The Balaban J connectivity index is 2.59. The molecule has 0 saturated carbocycles. The van der Waals surface area contributed by atoms with Crippen LogP contribution in [0.3, 0.4) is 0 Å². The number of urea groups is 1. The van der Waals surface area contributed by atoms with Gasteiger partial charge in [-0.25, -0.2) is 9.79 Å². The standard InChI is InChI=1S/C31H56N16O10/c32-5-1-3-14(34)7-21(49)38-10-18-26(53)42-19(12-40-31(37)57)27(54)47-24(16-9-23(51)46-30(36)45-16)29(56)39-11-17(25(52)44-20(13-48)28(55)43-18)41-22(50)8-15(35)4-2-6-33/h12,14-18,20,23-24,48,51H,1-11,13,32-35H2,(H,38,49)(H,39,56)(H,41,50)(H,42,53)(H,43,55)(H,44,52)(H,47,54)(H3,36,45,46)(H3,37,40,57)/t14-,15-,16?,17-,18-,20-,23+,24-/m0/s1. The number of hydrogen-bond acceptors (Lipinski definition) is 17. The Bertz CT molecular complexity index is 1510. The van der Waals surface area contributed by atoms with Gasteiger partial charge in [0, 0.05) is 50.6 Å². The van der Waals surface area contributed by atoms with Crippen molar-refractivity contribution in [1.29, 1.82) is 0 Å². The van der Waals surface area contributed by atoms with Crippen LogP contribution >= 0.6 is 0 Å². The van der Waals surface area contributed by atoms with Crippen LogP contribution < -0.4 is 82.3 Å². The van der Waals surface area contributed by atoms with Gasteiger partial charge in [-0.15, -0.1) is 0 Å². The molecule has 0 aromatic heterocycles. The normalized spacial score (nSPS) is 25.5. The van der Waals surface area contributed by atoms with Crippen molar-refractivity contribution in [2.75, 3.05) is 32.8 Å². The van der Waals surface area contributed by atoms with Crippen LogP contribution in [0.25, 0.3) is 0 Å². The van der Waals surface area contributed by atoms with Crippen LogP contribution in [0, 0.1) is 0 Å². The molecule has 0 spiro atoms. The third kappa shape index (κ3) is 16.9. The fourth-order valence-corrected chi connectivity index (χ4v) is 5.49. The number of guanidine groups is 1. The van der Waals surface area contributed by atoms with Crippen molar-refractivity contribution in [2.24, 2.45) is 39.4 Å². The van der Waals surface area contributed by atoms with Crippen LogP contribution in [0.4, 0.5) is 4.79 Å². The largest absolute Gasteiger partial charge is 0.394 e. The second kappa shape index (κ2) is 24.1. The highest BCUT2D eigenvalue weighted by molar-refractivity contribution is 6.02. The summed E-state index contributed by atoms with van der Waals surface area (Å²) in [5.74, 6) is -7.34. The molecular weight excluding hydrogens is 756 g/mol. The summed E-state index contributed by atoms with van der Waals surface area (Å²) in [7, 11) is 0. The van der Waals surface area contributed by atoms with E-state index in [-0.39, 0.29) is 25.2 Å². The molecule has 0 aromatic carbocycles. The first kappa shape index (κ1) is 47.5. The van der Waals surface area contributed by atoms with Gasteiger partial charge in [0.25, 0.3) is 5.91 Å². The maximum Gasteiger partial charge on any atom is 0.316 e. The average Bonchev–Trinajstić information content (AvgIpc) is 3.14. The Morgan fingerprint density at radius 1 is 0.860 bits per heavy atom. The second-order valence-electron chi connectivity index (χ2n) is 13.3. The zero-order chi connectivity index (χ0) is 42.7. The monoisotopic (exact) mass is 812 g/mol. The maximum absolute atomic E-state index is 13.8. The summed E-state index contributed by atoms with van der Waals surface area (Å²) in [6.45, 7) is -1.67. The number of primary amides is 1. The number of carbonyl (C=O) groups excluding carboxylic acids is 8. The van der Waals surface area contributed by atoms with Gasteiger partial charge in [-0.2, -0.15) is 0 Å². The van der Waals surface area contributed by atoms with Crippen molar-refractivity contribution in [2.45, 2.75) is 93.5 Å². The summed E-state index contributed by atoms with van der Waals surface area (Å²) in [6.07, 6.45) is 0.323. The van der Waals surface area contributed by atoms with E-state index in [0.717, 1.165) is 0 Å². The number of nitrogens with one attached hydrogen (secondary N) is 9. The highest BCUT2D eigenvalue weighted by Gasteiger charge is 2.37. The zero-order valence-electron chi connectivity index (χ0n) is 31.3. The molecule has 2 heterocycles. The van der Waals surface area contributed by atoms with E-state index in [0.29, 0.717) is 45.0 Å². The molecule has 320 valence electrons. The predicted octanol–water partition coefficient (Wildman–Crippen LogP) is -9.30. The number of carbonyl (C=O) groups is 8. The third-order valence-electron chi connectivity index (χ3n) is 8.46. The first-order valence-corrected chi connectivity index (χ1v) is 18.1. The van der Waals surface area contributed by atoms with Crippen molar-refractivity contribution < 1.29 is 48.6 Å². The fraction of sp³-hybridized carbons (Fsp3) is 0.645. The molecule has 1 saturated heterocycles. The van der Waals surface area contributed by atoms with Gasteiger partial charge in [0.1, 0.15) is 29.9 Å². The number of aliphatic hydroxyl groups is 2. The van der Waals surface area contributed by atoms with Gasteiger partial charge in [-0.05, 0) is 38.8 Å². The van der Waals surface area contributed by atoms with Crippen molar-refractivity contribution in [3.8, 4) is 0 Å². The lowest BCUT2D eigenvalue weighted by Crippen LogP contribution is -2.65. The van der Waals surface area contributed by atoms with Crippen molar-refractivity contribution in [3.05, 3.63) is 11.9 Å². The number of aliphatic imine (C=N–C) groups is 1. The molecular formula is C31H56N16O10. The molecule has 0 radical (unpaired) electrons. The number of amides is 9. The van der Waals surface area contributed by atoms with Gasteiger partial charge in [0.15, 0.2) is 12.2 Å². The Hall–Kier alpha value is -5.67. The molecule has 1 fully saturated rings. The van der Waals surface area contributed by atoms with Crippen molar-refractivity contribution in [1.82, 2.24) is 47.9 Å². The van der Waals surface area contributed by atoms with Gasteiger partial charge < -0.3 is 92.5 Å². The summed E-state index contributed by atoms with van der Waals surface area (Å²) in [5.41, 5.74) is 33.2. The molecule has 9 amide bonds. The Morgan fingerprint density at radius 2 is 1.47 bits per heavy atom. The van der Waals surface area contributed by atoms with Crippen molar-refractivity contribution in [3.63, 3.8) is 0 Å². The molecule has 23 N–H and O–H groups in total. The van der Waals surface area contributed by atoms with E-state index < -0.39 is 121 Å². The van der Waals surface area contributed by atoms with Crippen molar-refractivity contribution >= 4 is 53.3 Å². The lowest BCUT2D eigenvalue weighted by Gasteiger charge is -2.33. The smallest absolute Gasteiger partial charge is 0.316 e. The van der Waals surface area contributed by atoms with E-state index in [1.807, 2.05) is 5.32 Å². The van der Waals surface area contributed by atoms with Crippen LogP contribution in [-0.4, -0.2) is 145 Å². The molecule has 8 atom stereocenters. The molecule has 2 aliphatic rings. The van der Waals surface area contributed by atoms with E-state index in [2.05, 4.69) is 47.5 Å². The molecule has 57 heavy (non-hydrogen) atoms. The first-order chi connectivity index (χ1) is 27.0. The number of hydrogen-bond donors (Lipinski definition) is 17. The lowest BCUT2D eigenvalue weighted by molar-refractivity contribution is -0.135. The highest BCUT2D eigenvalue weighted by atomic mass is 16.3. The molecule has 2 rings (SSSR count). The van der Waals surface area contributed by atoms with E-state index in [9.17, 15) is 48.6 Å². The zero-order valence-corrected chi connectivity index (χ0v) is 31.3. The number of nitrogens with two attached hydrogens (primary N) is 6. The minimum Gasteiger partial charge on any atom is -0.394 e. The van der Waals surface area contributed by atoms with Gasteiger partial charge >= 0.3 is 6.03 Å². The average molecular weight is 813 g/mol. The molecule has 2 aliphatic heterocycles. The SMILES string of the molecule is NCCC[C@H](N)CC(=O)NC[C@@H]1NC(=O)[C@H](CO)NC(=O)[C@@H](NC(=O)C[C@@H](N)CCCN)CNC(=O)[C@H](C2C[C@@H](O)N=C(N)N2)NC(=O)C(=CNC(N)=O)NC1=O. The lowest BCUT2D eigenvalue weighted by atomic mass is 10.0. The van der Waals surface area contributed by atoms with Crippen LogP contribution in [0.2, 0.25) is 0 Å². The van der Waals surface area contributed by atoms with E-state index in [1.165, 1.54) is 0 Å². The van der Waals surface area contributed by atoms with Crippen LogP contribution in [0.1, 0.15) is 44.9 Å². The summed E-state index contributed by atoms with van der Waals surface area (Å²) in [4.78, 5) is 109. The topological polar surface area (TPSA) is 454 Å². The summed E-state index contributed by atoms with van der Waals surface area (Å²) in [5, 5.41) is 41.4. The Kier molecular flexibility index (Phi) is 20.1. The summed E-state index contributed by atoms with van der Waals surface area (Å²) in [6, 6.07) is -10.4. The quantitative estimate of drug-likeness (QED) is 0.0643. The van der Waals surface area contributed by atoms with Crippen LogP contribution in [-0.2, 0) is 33.6 Å².